The van der Waals surface area contributed by atoms with E-state index in [0.717, 1.165) is 13.1 Å². The number of nitrogens with zero attached hydrogens (tertiary/aromatic N) is 2. The maximum Gasteiger partial charge on any atom is 0.168 e. The molecular weight excluding hydrogens is 292 g/mol. The lowest BCUT2D eigenvalue weighted by atomic mass is 10.5. The number of rotatable bonds is 2. The third-order valence-electron chi connectivity index (χ3n) is 2.28. The molecule has 0 radical (unpaired) electrons. The standard InChI is InChI=1S/2C7H10N.H2O4S/c2*1-2-8-6-4-3-5-7-8;1-5(2,3)4/h2*3-7H,2H2,1H3;(H2,1,2,3,4)/q2*+1;/p-2. The molecule has 2 heterocycles. The van der Waals surface area contributed by atoms with Gasteiger partial charge in [0.2, 0.25) is 0 Å². The molecule has 2 aromatic rings. The summed E-state index contributed by atoms with van der Waals surface area (Å²) >= 11 is 0. The molecule has 7 heteroatoms. The molecule has 116 valence electrons. The van der Waals surface area contributed by atoms with Gasteiger partial charge in [-0.05, 0) is 13.8 Å². The molecule has 0 N–H and O–H groups in total. The first-order valence-electron chi connectivity index (χ1n) is 6.41. The van der Waals surface area contributed by atoms with Crippen LogP contribution in [0.4, 0.5) is 0 Å². The zero-order valence-electron chi connectivity index (χ0n) is 12.1. The molecule has 0 saturated carbocycles. The molecule has 0 unspecified atom stereocenters. The Labute approximate surface area is 125 Å². The zero-order chi connectivity index (χ0) is 16.1. The molecule has 0 atom stereocenters. The summed E-state index contributed by atoms with van der Waals surface area (Å²) in [6, 6.07) is 12.2. The van der Waals surface area contributed by atoms with E-state index in [0.29, 0.717) is 0 Å². The van der Waals surface area contributed by atoms with Crippen LogP contribution in [0.25, 0.3) is 0 Å². The van der Waals surface area contributed by atoms with Gasteiger partial charge in [0.05, 0.1) is 0 Å². The highest BCUT2D eigenvalue weighted by molar-refractivity contribution is 7.79. The fourth-order valence-electron chi connectivity index (χ4n) is 1.29. The lowest BCUT2D eigenvalue weighted by Gasteiger charge is -2.06. The molecule has 0 amide bonds. The van der Waals surface area contributed by atoms with Gasteiger partial charge in [0.25, 0.3) is 0 Å². The highest BCUT2D eigenvalue weighted by Crippen LogP contribution is 1.75. The average molecular weight is 312 g/mol. The molecule has 2 rings (SSSR count). The second-order valence-electron chi connectivity index (χ2n) is 3.82. The van der Waals surface area contributed by atoms with Crippen molar-refractivity contribution in [2.24, 2.45) is 0 Å². The third-order valence-corrected chi connectivity index (χ3v) is 2.28. The van der Waals surface area contributed by atoms with Crippen molar-refractivity contribution in [3.8, 4) is 0 Å². The first-order valence-corrected chi connectivity index (χ1v) is 7.75. The molecule has 0 fully saturated rings. The Hall–Kier alpha value is -1.83. The van der Waals surface area contributed by atoms with Crippen molar-refractivity contribution in [3.63, 3.8) is 0 Å². The van der Waals surface area contributed by atoms with Crippen LogP contribution >= 0.6 is 0 Å². The van der Waals surface area contributed by atoms with Crippen LogP contribution in [-0.4, -0.2) is 17.5 Å². The van der Waals surface area contributed by atoms with Crippen molar-refractivity contribution >= 4 is 10.4 Å². The van der Waals surface area contributed by atoms with Crippen molar-refractivity contribution in [1.29, 1.82) is 0 Å². The molecule has 0 aliphatic carbocycles. The Morgan fingerprint density at radius 3 is 1.10 bits per heavy atom. The highest BCUT2D eigenvalue weighted by atomic mass is 32.3. The molecule has 0 bridgehead atoms. The smallest absolute Gasteiger partial charge is 0.168 e. The first-order chi connectivity index (χ1) is 9.86. The highest BCUT2D eigenvalue weighted by Gasteiger charge is 1.87. The summed E-state index contributed by atoms with van der Waals surface area (Å²) in [6.45, 7) is 6.36. The van der Waals surface area contributed by atoms with Gasteiger partial charge in [0.1, 0.15) is 13.1 Å². The van der Waals surface area contributed by atoms with Crippen LogP contribution in [0.2, 0.25) is 0 Å². The molecule has 21 heavy (non-hydrogen) atoms. The molecule has 0 spiro atoms. The minimum absolute atomic E-state index is 1.06. The van der Waals surface area contributed by atoms with E-state index in [-0.39, 0.29) is 0 Å². The van der Waals surface area contributed by atoms with Gasteiger partial charge < -0.3 is 9.11 Å². The summed E-state index contributed by atoms with van der Waals surface area (Å²) < 4.78 is 38.3. The fourth-order valence-corrected chi connectivity index (χ4v) is 1.29. The number of aryl methyl sites for hydroxylation is 2. The Morgan fingerprint density at radius 1 is 0.714 bits per heavy atom. The molecular formula is C14H20N2O4S. The minimum Gasteiger partial charge on any atom is -0.759 e. The second kappa shape index (κ2) is 10.9. The van der Waals surface area contributed by atoms with Crippen molar-refractivity contribution in [2.45, 2.75) is 26.9 Å². The quantitative estimate of drug-likeness (QED) is 0.463. The van der Waals surface area contributed by atoms with Crippen LogP contribution in [0.15, 0.2) is 61.2 Å². The Balaban J connectivity index is 0.000000296. The van der Waals surface area contributed by atoms with Gasteiger partial charge >= 0.3 is 0 Å². The summed E-state index contributed by atoms with van der Waals surface area (Å²) in [7, 11) is -5.17. The van der Waals surface area contributed by atoms with Gasteiger partial charge in [-0.15, -0.1) is 0 Å². The minimum atomic E-state index is -5.17. The summed E-state index contributed by atoms with van der Waals surface area (Å²) in [6.07, 6.45) is 8.22. The van der Waals surface area contributed by atoms with Gasteiger partial charge in [-0.3, -0.25) is 8.42 Å². The van der Waals surface area contributed by atoms with E-state index in [1.165, 1.54) is 0 Å². The van der Waals surface area contributed by atoms with Gasteiger partial charge in [-0.2, -0.15) is 0 Å². The summed E-state index contributed by atoms with van der Waals surface area (Å²) in [5.74, 6) is 0. The van der Waals surface area contributed by atoms with E-state index in [1.54, 1.807) is 0 Å². The second-order valence-corrected chi connectivity index (χ2v) is 4.64. The summed E-state index contributed by atoms with van der Waals surface area (Å²) in [4.78, 5) is 0. The topological polar surface area (TPSA) is 88.0 Å². The maximum absolute atomic E-state index is 8.52. The third kappa shape index (κ3) is 14.4. The van der Waals surface area contributed by atoms with E-state index < -0.39 is 10.4 Å². The van der Waals surface area contributed by atoms with E-state index in [2.05, 4.69) is 47.8 Å². The molecule has 0 aliphatic heterocycles. The van der Waals surface area contributed by atoms with Gasteiger partial charge in [-0.25, -0.2) is 9.13 Å². The molecule has 2 aromatic heterocycles. The van der Waals surface area contributed by atoms with Gasteiger partial charge in [0, 0.05) is 34.7 Å². The van der Waals surface area contributed by atoms with E-state index >= 15 is 0 Å². The largest absolute Gasteiger partial charge is 0.759 e. The number of pyridine rings is 2. The van der Waals surface area contributed by atoms with Crippen LogP contribution in [0.3, 0.4) is 0 Å². The van der Waals surface area contributed by atoms with Crippen LogP contribution in [-0.2, 0) is 23.5 Å². The van der Waals surface area contributed by atoms with Crippen LogP contribution in [0, 0.1) is 0 Å². The lowest BCUT2D eigenvalue weighted by Crippen LogP contribution is -2.30. The van der Waals surface area contributed by atoms with Gasteiger partial charge in [0.15, 0.2) is 24.8 Å². The summed E-state index contributed by atoms with van der Waals surface area (Å²) in [5, 5.41) is 0. The Bertz CT molecular complexity index is 527. The van der Waals surface area contributed by atoms with Crippen molar-refractivity contribution in [1.82, 2.24) is 0 Å². The van der Waals surface area contributed by atoms with E-state index in [9.17, 15) is 0 Å². The molecule has 0 aliphatic rings. The Morgan fingerprint density at radius 2 is 0.952 bits per heavy atom. The Kier molecular flexibility index (Phi) is 9.95. The van der Waals surface area contributed by atoms with Crippen LogP contribution in [0.5, 0.6) is 0 Å². The first kappa shape index (κ1) is 19.2. The average Bonchev–Trinajstić information content (AvgIpc) is 2.48. The SMILES string of the molecule is CC[n+]1ccccc1.CC[n+]1ccccc1.O=S(=O)([O-])[O-]. The number of hydrogen-bond acceptors (Lipinski definition) is 4. The van der Waals surface area contributed by atoms with Crippen molar-refractivity contribution in [2.75, 3.05) is 0 Å². The lowest BCUT2D eigenvalue weighted by molar-refractivity contribution is -0.693. The van der Waals surface area contributed by atoms with Gasteiger partial charge in [-0.1, -0.05) is 12.1 Å². The fraction of sp³-hybridized carbons (Fsp3) is 0.286. The normalized spacial score (nSPS) is 9.71. The predicted molar refractivity (Wildman–Crippen MR) is 75.1 cm³/mol. The zero-order valence-corrected chi connectivity index (χ0v) is 12.9. The van der Waals surface area contributed by atoms with Crippen molar-refractivity contribution in [3.05, 3.63) is 61.2 Å². The van der Waals surface area contributed by atoms with E-state index in [4.69, 9.17) is 17.5 Å². The summed E-state index contributed by atoms with van der Waals surface area (Å²) in [5.41, 5.74) is 0. The van der Waals surface area contributed by atoms with Crippen LogP contribution in [0.1, 0.15) is 13.8 Å². The monoisotopic (exact) mass is 312 g/mol. The maximum atomic E-state index is 8.52. The molecule has 0 saturated heterocycles. The molecule has 0 aromatic carbocycles. The predicted octanol–water partition coefficient (Wildman–Crippen LogP) is 0.650. The van der Waals surface area contributed by atoms with Crippen LogP contribution < -0.4 is 9.13 Å². The van der Waals surface area contributed by atoms with Crippen molar-refractivity contribution < 1.29 is 26.7 Å². The van der Waals surface area contributed by atoms with E-state index in [1.807, 2.05) is 36.4 Å². The number of aromatic nitrogens is 2. The molecule has 6 nitrogen and oxygen atoms in total. The number of hydrogen-bond donors (Lipinski definition) is 0.